The van der Waals surface area contributed by atoms with E-state index in [0.29, 0.717) is 0 Å². The first-order valence-electron chi connectivity index (χ1n) is 3.54. The van der Waals surface area contributed by atoms with Crippen molar-refractivity contribution in [1.29, 1.82) is 0 Å². The van der Waals surface area contributed by atoms with Gasteiger partial charge in [0.25, 0.3) is 0 Å². The van der Waals surface area contributed by atoms with E-state index in [2.05, 4.69) is 60.2 Å². The Morgan fingerprint density at radius 1 is 0.750 bits per heavy atom. The molecule has 12 nitrogen and oxygen atoms in total. The van der Waals surface area contributed by atoms with Crippen LogP contribution in [0.1, 0.15) is 0 Å². The molecule has 0 rings (SSSR count). The molecule has 12 heteroatoms. The molecule has 0 bridgehead atoms. The molecule has 0 aromatic carbocycles. The summed E-state index contributed by atoms with van der Waals surface area (Å²) in [6, 6.07) is 0. The van der Waals surface area contributed by atoms with Crippen molar-refractivity contribution in [2.24, 2.45) is 5.90 Å². The van der Waals surface area contributed by atoms with Gasteiger partial charge in [-0.15, -0.1) is 0 Å². The molecular weight excluding hydrogens is 238 g/mol. The standard InChI is InChI=1S/C4H11NO11/c1-6-2-7-3-9-11-13-15-16-14-12-10-4-8-5/h2-5H2,1H3. The van der Waals surface area contributed by atoms with Crippen LogP contribution < -0.4 is 5.90 Å². The number of rotatable bonds is 13. The molecule has 0 unspecified atom stereocenters. The second-order valence-corrected chi connectivity index (χ2v) is 1.66. The fraction of sp³-hybridized carbons (Fsp3) is 1.00. The fourth-order valence-electron chi connectivity index (χ4n) is 0.303. The van der Waals surface area contributed by atoms with E-state index in [4.69, 9.17) is 0 Å². The first-order valence-corrected chi connectivity index (χ1v) is 3.54. The zero-order chi connectivity index (χ0) is 11.9. The molecule has 0 atom stereocenters. The monoisotopic (exact) mass is 249 g/mol. The van der Waals surface area contributed by atoms with Gasteiger partial charge in [0.15, 0.2) is 6.79 Å². The number of ether oxygens (including phenoxy) is 2. The van der Waals surface area contributed by atoms with E-state index in [-0.39, 0.29) is 20.4 Å². The topological polar surface area (TPSA) is 128 Å². The lowest BCUT2D eigenvalue weighted by Crippen LogP contribution is -2.08. The molecule has 0 aromatic rings. The molecule has 0 fully saturated rings. The van der Waals surface area contributed by atoms with E-state index in [1.54, 1.807) is 0 Å². The second kappa shape index (κ2) is 14.5. The molecule has 0 aliphatic rings. The van der Waals surface area contributed by atoms with Gasteiger partial charge < -0.3 is 9.47 Å². The first kappa shape index (κ1) is 15.5. The molecule has 0 heterocycles. The van der Waals surface area contributed by atoms with Gasteiger partial charge in [0.05, 0.1) is 0 Å². The molecule has 0 saturated heterocycles. The highest BCUT2D eigenvalue weighted by Gasteiger charge is 1.95. The summed E-state index contributed by atoms with van der Waals surface area (Å²) in [6.07, 6.45) is 0. The van der Waals surface area contributed by atoms with Gasteiger partial charge in [-0.05, 0) is 30.2 Å². The van der Waals surface area contributed by atoms with Gasteiger partial charge in [-0.1, -0.05) is 0 Å². The SMILES string of the molecule is COCOCOOOOOOOOCON. The molecule has 0 amide bonds. The Balaban J connectivity index is 2.83. The Morgan fingerprint density at radius 3 is 1.88 bits per heavy atom. The maximum Gasteiger partial charge on any atom is 0.203 e. The van der Waals surface area contributed by atoms with E-state index in [9.17, 15) is 0 Å². The summed E-state index contributed by atoms with van der Waals surface area (Å²) < 4.78 is 9.12. The van der Waals surface area contributed by atoms with Gasteiger partial charge in [-0.2, -0.15) is 9.78 Å². The Kier molecular flexibility index (Phi) is 14.1. The number of hydrogen-bond acceptors (Lipinski definition) is 12. The van der Waals surface area contributed by atoms with Crippen molar-refractivity contribution in [3.05, 3.63) is 0 Å². The van der Waals surface area contributed by atoms with Crippen LogP contribution in [0.5, 0.6) is 0 Å². The Bertz CT molecular complexity index is 111. The van der Waals surface area contributed by atoms with Gasteiger partial charge >= 0.3 is 0 Å². The van der Waals surface area contributed by atoms with Gasteiger partial charge in [-0.3, -0.25) is 4.84 Å². The Labute approximate surface area is 88.9 Å². The van der Waals surface area contributed by atoms with E-state index in [1.807, 2.05) is 0 Å². The molecule has 2 N–H and O–H groups in total. The summed E-state index contributed by atoms with van der Waals surface area (Å²) in [4.78, 5) is 12.1. The normalized spacial score (nSPS) is 10.9. The van der Waals surface area contributed by atoms with E-state index in [0.717, 1.165) is 0 Å². The lowest BCUT2D eigenvalue weighted by Gasteiger charge is -2.01. The predicted molar refractivity (Wildman–Crippen MR) is 36.6 cm³/mol. The van der Waals surface area contributed by atoms with Crippen LogP contribution in [0, 0.1) is 0 Å². The highest BCUT2D eigenvalue weighted by atomic mass is 17.9. The van der Waals surface area contributed by atoms with Crippen LogP contribution in [-0.4, -0.2) is 27.5 Å². The Morgan fingerprint density at radius 2 is 1.31 bits per heavy atom. The third-order valence-corrected chi connectivity index (χ3v) is 0.684. The summed E-state index contributed by atoms with van der Waals surface area (Å²) in [5.74, 6) is 4.54. The van der Waals surface area contributed by atoms with Crippen LogP contribution in [0.25, 0.3) is 0 Å². The van der Waals surface area contributed by atoms with Crippen molar-refractivity contribution in [3.8, 4) is 0 Å². The number of hydrogen-bond donors (Lipinski definition) is 1. The molecule has 0 spiro atoms. The van der Waals surface area contributed by atoms with Crippen molar-refractivity contribution < 1.29 is 54.3 Å². The number of nitrogens with two attached hydrogens (primary N) is 1. The molecule has 0 aliphatic heterocycles. The Hall–Kier alpha value is -0.480. The van der Waals surface area contributed by atoms with Crippen LogP contribution in [0.3, 0.4) is 0 Å². The highest BCUT2D eigenvalue weighted by molar-refractivity contribution is 3.92. The molecule has 16 heavy (non-hydrogen) atoms. The summed E-state index contributed by atoms with van der Waals surface area (Å²) in [7, 11) is 1.43. The summed E-state index contributed by atoms with van der Waals surface area (Å²) in [5.41, 5.74) is 0. The van der Waals surface area contributed by atoms with E-state index >= 15 is 0 Å². The lowest BCUT2D eigenvalue weighted by molar-refractivity contribution is -0.816. The molecule has 98 valence electrons. The van der Waals surface area contributed by atoms with Gasteiger partial charge in [0.1, 0.15) is 6.79 Å². The summed E-state index contributed by atoms with van der Waals surface area (Å²) in [6.45, 7) is -0.621. The van der Waals surface area contributed by atoms with Crippen molar-refractivity contribution in [2.45, 2.75) is 0 Å². The minimum absolute atomic E-state index is 0.0260. The third kappa shape index (κ3) is 13.5. The predicted octanol–water partition coefficient (Wildman–Crippen LogP) is -1.05. The van der Waals surface area contributed by atoms with Gasteiger partial charge in [0.2, 0.25) is 6.79 Å². The second-order valence-electron chi connectivity index (χ2n) is 1.66. The summed E-state index contributed by atoms with van der Waals surface area (Å²) in [5, 5.41) is 22.4. The lowest BCUT2D eigenvalue weighted by atomic mass is 11.3. The molecule has 0 aliphatic carbocycles. The quantitative estimate of drug-likeness (QED) is 0.185. The fourth-order valence-corrected chi connectivity index (χ4v) is 0.303. The van der Waals surface area contributed by atoms with Gasteiger partial charge in [-0.25, -0.2) is 5.90 Å². The molecule has 0 radical (unpaired) electrons. The molecule has 0 aromatic heterocycles. The maximum absolute atomic E-state index is 4.61. The highest BCUT2D eigenvalue weighted by Crippen LogP contribution is 1.89. The van der Waals surface area contributed by atoms with E-state index in [1.165, 1.54) is 7.11 Å². The van der Waals surface area contributed by atoms with Crippen molar-refractivity contribution in [3.63, 3.8) is 0 Å². The third-order valence-electron chi connectivity index (χ3n) is 0.684. The zero-order valence-corrected chi connectivity index (χ0v) is 8.19. The molecule has 0 saturated carbocycles. The molecular formula is C4H11NO11. The minimum atomic E-state index is -0.388. The van der Waals surface area contributed by atoms with Crippen LogP contribution in [0.4, 0.5) is 0 Å². The summed E-state index contributed by atoms with van der Waals surface area (Å²) >= 11 is 0. The average molecular weight is 249 g/mol. The largest absolute Gasteiger partial charge is 0.359 e. The van der Waals surface area contributed by atoms with Crippen LogP contribution in [-0.2, 0) is 54.3 Å². The smallest absolute Gasteiger partial charge is 0.203 e. The van der Waals surface area contributed by atoms with Crippen LogP contribution in [0.15, 0.2) is 0 Å². The van der Waals surface area contributed by atoms with Crippen LogP contribution in [0.2, 0.25) is 0 Å². The first-order chi connectivity index (χ1) is 7.91. The van der Waals surface area contributed by atoms with Crippen molar-refractivity contribution >= 4 is 0 Å². The van der Waals surface area contributed by atoms with Crippen molar-refractivity contribution in [2.75, 3.05) is 27.5 Å². The van der Waals surface area contributed by atoms with Crippen molar-refractivity contribution in [1.82, 2.24) is 0 Å². The number of methoxy groups -OCH3 is 1. The van der Waals surface area contributed by atoms with Crippen LogP contribution >= 0.6 is 0 Å². The maximum atomic E-state index is 4.61. The van der Waals surface area contributed by atoms with Gasteiger partial charge in [0, 0.05) is 7.11 Å². The van der Waals surface area contributed by atoms with E-state index < -0.39 is 0 Å². The minimum Gasteiger partial charge on any atom is -0.359 e. The average Bonchev–Trinajstić information content (AvgIpc) is 2.31. The zero-order valence-electron chi connectivity index (χ0n) is 8.19.